The van der Waals surface area contributed by atoms with Crippen molar-refractivity contribution in [1.82, 2.24) is 15.5 Å². The summed E-state index contributed by atoms with van der Waals surface area (Å²) in [4.78, 5) is 3.77. The lowest BCUT2D eigenvalue weighted by Gasteiger charge is -1.85. The molecule has 0 unspecified atom stereocenters. The van der Waals surface area contributed by atoms with E-state index in [1.165, 1.54) is 6.39 Å². The molecule has 0 aliphatic rings. The molecule has 0 atom stereocenters. The first-order chi connectivity index (χ1) is 3.93. The fourth-order valence-electron chi connectivity index (χ4n) is 0.428. The van der Waals surface area contributed by atoms with Crippen molar-refractivity contribution in [3.05, 3.63) is 12.2 Å². The van der Waals surface area contributed by atoms with Crippen molar-refractivity contribution in [2.75, 3.05) is 7.05 Å². The zero-order chi connectivity index (χ0) is 5.82. The van der Waals surface area contributed by atoms with Crippen LogP contribution >= 0.6 is 0 Å². The maximum absolute atomic E-state index is 4.47. The monoisotopic (exact) mass is 113 g/mol. The highest BCUT2D eigenvalue weighted by Crippen LogP contribution is 1.83. The smallest absolute Gasteiger partial charge is 0.213 e. The summed E-state index contributed by atoms with van der Waals surface area (Å²) in [5.74, 6) is 0.688. The maximum atomic E-state index is 4.47. The van der Waals surface area contributed by atoms with Gasteiger partial charge in [-0.1, -0.05) is 5.16 Å². The van der Waals surface area contributed by atoms with Crippen LogP contribution in [-0.4, -0.2) is 17.2 Å². The lowest BCUT2D eigenvalue weighted by Crippen LogP contribution is -2.05. The Bertz CT molecular complexity index is 137. The Kier molecular flexibility index (Phi) is 1.58. The topological polar surface area (TPSA) is 51.0 Å². The number of hydrogen-bond acceptors (Lipinski definition) is 4. The van der Waals surface area contributed by atoms with Crippen LogP contribution in [0.1, 0.15) is 5.82 Å². The Morgan fingerprint density at radius 1 is 1.88 bits per heavy atom. The second-order valence-corrected chi connectivity index (χ2v) is 1.38. The van der Waals surface area contributed by atoms with Crippen LogP contribution in [0.5, 0.6) is 0 Å². The predicted octanol–water partition coefficient (Wildman–Crippen LogP) is -0.211. The van der Waals surface area contributed by atoms with Gasteiger partial charge in [0.2, 0.25) is 6.39 Å². The molecule has 0 amide bonds. The Labute approximate surface area is 46.9 Å². The first-order valence-electron chi connectivity index (χ1n) is 2.33. The minimum atomic E-state index is 0.663. The lowest BCUT2D eigenvalue weighted by molar-refractivity contribution is 0.408. The van der Waals surface area contributed by atoms with Gasteiger partial charge in [0.25, 0.3) is 0 Å². The molecule has 0 fully saturated rings. The van der Waals surface area contributed by atoms with E-state index in [2.05, 4.69) is 20.0 Å². The van der Waals surface area contributed by atoms with Crippen LogP contribution < -0.4 is 5.32 Å². The zero-order valence-corrected chi connectivity index (χ0v) is 4.59. The molecule has 1 aromatic rings. The number of hydrogen-bond donors (Lipinski definition) is 1. The molecule has 0 aliphatic heterocycles. The van der Waals surface area contributed by atoms with E-state index in [4.69, 9.17) is 0 Å². The molecule has 4 heteroatoms. The van der Waals surface area contributed by atoms with Crippen LogP contribution in [-0.2, 0) is 6.54 Å². The summed E-state index contributed by atoms with van der Waals surface area (Å²) in [7, 11) is 1.83. The fraction of sp³-hybridized carbons (Fsp3) is 0.500. The van der Waals surface area contributed by atoms with Crippen LogP contribution in [0, 0.1) is 0 Å². The summed E-state index contributed by atoms with van der Waals surface area (Å²) in [6, 6.07) is 0. The molecule has 0 saturated carbocycles. The Morgan fingerprint density at radius 2 is 2.75 bits per heavy atom. The van der Waals surface area contributed by atoms with Gasteiger partial charge in [0, 0.05) is 0 Å². The van der Waals surface area contributed by atoms with Crippen LogP contribution in [0.4, 0.5) is 0 Å². The van der Waals surface area contributed by atoms with E-state index in [0.717, 1.165) is 0 Å². The summed E-state index contributed by atoms with van der Waals surface area (Å²) in [6.07, 6.45) is 1.31. The molecular formula is C4H7N3O. The molecule has 0 radical (unpaired) electrons. The molecule has 44 valence electrons. The van der Waals surface area contributed by atoms with Crippen LogP contribution in [0.3, 0.4) is 0 Å². The van der Waals surface area contributed by atoms with Gasteiger partial charge in [0.15, 0.2) is 5.82 Å². The quantitative estimate of drug-likeness (QED) is 0.576. The van der Waals surface area contributed by atoms with Gasteiger partial charge < -0.3 is 9.84 Å². The minimum absolute atomic E-state index is 0.663. The van der Waals surface area contributed by atoms with Gasteiger partial charge in [-0.05, 0) is 7.05 Å². The van der Waals surface area contributed by atoms with Crippen LogP contribution in [0.25, 0.3) is 0 Å². The van der Waals surface area contributed by atoms with Crippen molar-refractivity contribution in [3.63, 3.8) is 0 Å². The molecule has 0 spiro atoms. The van der Waals surface area contributed by atoms with Gasteiger partial charge in [-0.15, -0.1) is 0 Å². The van der Waals surface area contributed by atoms with Gasteiger partial charge in [0.05, 0.1) is 6.54 Å². The van der Waals surface area contributed by atoms with Crippen molar-refractivity contribution >= 4 is 0 Å². The first-order valence-corrected chi connectivity index (χ1v) is 2.33. The summed E-state index contributed by atoms with van der Waals surface area (Å²) in [5.41, 5.74) is 0. The number of rotatable bonds is 2. The third-order valence-electron chi connectivity index (χ3n) is 0.742. The average molecular weight is 113 g/mol. The van der Waals surface area contributed by atoms with E-state index in [1.807, 2.05) is 7.05 Å². The van der Waals surface area contributed by atoms with Crippen LogP contribution in [0.2, 0.25) is 0 Å². The van der Waals surface area contributed by atoms with Crippen LogP contribution in [0.15, 0.2) is 10.9 Å². The Morgan fingerprint density at radius 3 is 3.25 bits per heavy atom. The first kappa shape index (κ1) is 5.24. The van der Waals surface area contributed by atoms with E-state index in [-0.39, 0.29) is 0 Å². The summed E-state index contributed by atoms with van der Waals surface area (Å²) in [6.45, 7) is 0.663. The van der Waals surface area contributed by atoms with E-state index in [0.29, 0.717) is 12.4 Å². The van der Waals surface area contributed by atoms with Crippen molar-refractivity contribution < 1.29 is 4.52 Å². The van der Waals surface area contributed by atoms with Gasteiger partial charge >= 0.3 is 0 Å². The van der Waals surface area contributed by atoms with Crippen molar-refractivity contribution in [1.29, 1.82) is 0 Å². The van der Waals surface area contributed by atoms with Gasteiger partial charge in [0.1, 0.15) is 0 Å². The highest BCUT2D eigenvalue weighted by Gasteiger charge is 1.91. The Balaban J connectivity index is 2.50. The average Bonchev–Trinajstić information content (AvgIpc) is 2.19. The second-order valence-electron chi connectivity index (χ2n) is 1.38. The third-order valence-corrected chi connectivity index (χ3v) is 0.742. The molecule has 0 aliphatic carbocycles. The highest BCUT2D eigenvalue weighted by molar-refractivity contribution is 4.74. The molecule has 8 heavy (non-hydrogen) atoms. The lowest BCUT2D eigenvalue weighted by atomic mass is 10.6. The molecule has 4 nitrogen and oxygen atoms in total. The predicted molar refractivity (Wildman–Crippen MR) is 27.1 cm³/mol. The summed E-state index contributed by atoms with van der Waals surface area (Å²) in [5, 5.41) is 6.44. The van der Waals surface area contributed by atoms with E-state index >= 15 is 0 Å². The standard InChI is InChI=1S/C4H7N3O/c1-5-2-4-6-3-8-7-4/h3,5H,2H2,1H3. The van der Waals surface area contributed by atoms with Crippen molar-refractivity contribution in [3.8, 4) is 0 Å². The van der Waals surface area contributed by atoms with Crippen molar-refractivity contribution in [2.24, 2.45) is 0 Å². The molecule has 0 aromatic carbocycles. The Hall–Kier alpha value is -0.900. The number of aromatic nitrogens is 2. The molecule has 1 heterocycles. The van der Waals surface area contributed by atoms with E-state index < -0.39 is 0 Å². The summed E-state index contributed by atoms with van der Waals surface area (Å²) >= 11 is 0. The van der Waals surface area contributed by atoms with Crippen molar-refractivity contribution in [2.45, 2.75) is 6.54 Å². The molecule has 1 N–H and O–H groups in total. The summed E-state index contributed by atoms with van der Waals surface area (Å²) < 4.78 is 4.47. The minimum Gasteiger partial charge on any atom is -0.343 e. The van der Waals surface area contributed by atoms with Gasteiger partial charge in [-0.25, -0.2) is 0 Å². The third kappa shape index (κ3) is 1.04. The molecule has 0 bridgehead atoms. The normalized spacial score (nSPS) is 9.62. The number of nitrogens with zero attached hydrogens (tertiary/aromatic N) is 2. The van der Waals surface area contributed by atoms with Gasteiger partial charge in [-0.2, -0.15) is 4.98 Å². The highest BCUT2D eigenvalue weighted by atomic mass is 16.5. The molecular weight excluding hydrogens is 106 g/mol. The number of nitrogens with one attached hydrogen (secondary N) is 1. The molecule has 0 saturated heterocycles. The van der Waals surface area contributed by atoms with E-state index in [9.17, 15) is 0 Å². The SMILES string of the molecule is CNCc1ncon1. The zero-order valence-electron chi connectivity index (χ0n) is 4.59. The largest absolute Gasteiger partial charge is 0.343 e. The maximum Gasteiger partial charge on any atom is 0.213 e. The fourth-order valence-corrected chi connectivity index (χ4v) is 0.428. The molecule has 1 rings (SSSR count). The molecule has 1 aromatic heterocycles. The van der Waals surface area contributed by atoms with Gasteiger partial charge in [-0.3, -0.25) is 0 Å². The van der Waals surface area contributed by atoms with E-state index in [1.54, 1.807) is 0 Å². The second kappa shape index (κ2) is 2.42.